The molecule has 1 aromatic carbocycles. The van der Waals surface area contributed by atoms with Crippen LogP contribution in [-0.2, 0) is 4.74 Å². The fourth-order valence-corrected chi connectivity index (χ4v) is 1.52. The molecule has 0 aliphatic heterocycles. The Bertz CT molecular complexity index is 504. The maximum absolute atomic E-state index is 11.4. The van der Waals surface area contributed by atoms with Crippen LogP contribution in [0.25, 0.3) is 0 Å². The molecule has 0 atom stereocenters. The van der Waals surface area contributed by atoms with Gasteiger partial charge in [-0.05, 0) is 51.5 Å². The first kappa shape index (κ1) is 16.9. The molecule has 4 nitrogen and oxygen atoms in total. The third-order valence-corrected chi connectivity index (χ3v) is 2.47. The molecule has 0 fully saturated rings. The number of rotatable bonds is 4. The number of unbranched alkanes of at least 4 members (excludes halogenated alkanes) is 1. The Balaban J connectivity index is 2.22. The van der Waals surface area contributed by atoms with Crippen molar-refractivity contribution < 1.29 is 14.3 Å². The third-order valence-electron chi connectivity index (χ3n) is 2.47. The van der Waals surface area contributed by atoms with Gasteiger partial charge in [0.05, 0.1) is 7.11 Å². The molecule has 0 aliphatic carbocycles. The molecule has 0 aromatic heterocycles. The second kappa shape index (κ2) is 8.21. The predicted molar refractivity (Wildman–Crippen MR) is 83.3 cm³/mol. The third kappa shape index (κ3) is 7.88. The normalized spacial score (nSPS) is 10.3. The number of carbonyl (C=O) groups excluding carboxylic acids is 1. The van der Waals surface area contributed by atoms with Gasteiger partial charge in [0.1, 0.15) is 11.4 Å². The van der Waals surface area contributed by atoms with Crippen LogP contribution in [0.2, 0.25) is 0 Å². The maximum Gasteiger partial charge on any atom is 0.407 e. The van der Waals surface area contributed by atoms with Crippen LogP contribution in [0.3, 0.4) is 0 Å². The summed E-state index contributed by atoms with van der Waals surface area (Å²) in [5.41, 5.74) is 0.494. The number of methoxy groups -OCH3 is 1. The molecule has 21 heavy (non-hydrogen) atoms. The van der Waals surface area contributed by atoms with E-state index < -0.39 is 5.60 Å². The van der Waals surface area contributed by atoms with E-state index in [9.17, 15) is 4.79 Å². The first-order chi connectivity index (χ1) is 9.90. The summed E-state index contributed by atoms with van der Waals surface area (Å²) in [6, 6.07) is 7.61. The molecule has 0 bridgehead atoms. The molecule has 1 N–H and O–H groups in total. The number of alkyl carbamates (subject to hydrolysis) is 1. The minimum Gasteiger partial charge on any atom is -0.497 e. The lowest BCUT2D eigenvalue weighted by Gasteiger charge is -2.19. The SMILES string of the molecule is COc1ccc(C#CCCCNC(=O)OC(C)(C)C)cc1. The number of nitrogens with one attached hydrogen (secondary N) is 1. The Morgan fingerprint density at radius 2 is 1.90 bits per heavy atom. The van der Waals surface area contributed by atoms with Crippen LogP contribution in [0.1, 0.15) is 39.2 Å². The van der Waals surface area contributed by atoms with Gasteiger partial charge in [0.2, 0.25) is 0 Å². The summed E-state index contributed by atoms with van der Waals surface area (Å²) in [5, 5.41) is 2.71. The summed E-state index contributed by atoms with van der Waals surface area (Å²) in [6.07, 6.45) is 1.13. The van der Waals surface area contributed by atoms with Gasteiger partial charge in [0.25, 0.3) is 0 Å². The average molecular weight is 289 g/mol. The van der Waals surface area contributed by atoms with Crippen molar-refractivity contribution >= 4 is 6.09 Å². The number of hydrogen-bond acceptors (Lipinski definition) is 3. The van der Waals surface area contributed by atoms with Gasteiger partial charge >= 0.3 is 6.09 Å². The van der Waals surface area contributed by atoms with Gasteiger partial charge < -0.3 is 14.8 Å². The van der Waals surface area contributed by atoms with Crippen molar-refractivity contribution in [2.75, 3.05) is 13.7 Å². The molecule has 0 spiro atoms. The van der Waals surface area contributed by atoms with Gasteiger partial charge in [-0.25, -0.2) is 4.79 Å². The Labute approximate surface area is 126 Å². The lowest BCUT2D eigenvalue weighted by Crippen LogP contribution is -2.32. The molecular formula is C17H23NO3. The minimum atomic E-state index is -0.460. The first-order valence-electron chi connectivity index (χ1n) is 7.00. The van der Waals surface area contributed by atoms with Crippen LogP contribution in [0.5, 0.6) is 5.75 Å². The van der Waals surface area contributed by atoms with Crippen molar-refractivity contribution in [3.05, 3.63) is 29.8 Å². The second-order valence-corrected chi connectivity index (χ2v) is 5.56. The van der Waals surface area contributed by atoms with Gasteiger partial charge in [0.15, 0.2) is 0 Å². The van der Waals surface area contributed by atoms with E-state index in [1.165, 1.54) is 0 Å². The van der Waals surface area contributed by atoms with Gasteiger partial charge in [-0.3, -0.25) is 0 Å². The predicted octanol–water partition coefficient (Wildman–Crippen LogP) is 3.35. The van der Waals surface area contributed by atoms with E-state index >= 15 is 0 Å². The topological polar surface area (TPSA) is 47.6 Å². The number of hydrogen-bond donors (Lipinski definition) is 1. The number of amides is 1. The van der Waals surface area contributed by atoms with Crippen LogP contribution in [-0.4, -0.2) is 25.3 Å². The molecule has 1 amide bonds. The molecule has 0 unspecified atom stereocenters. The molecule has 1 rings (SSSR count). The smallest absolute Gasteiger partial charge is 0.407 e. The van der Waals surface area contributed by atoms with Crippen LogP contribution in [0, 0.1) is 11.8 Å². The maximum atomic E-state index is 11.4. The van der Waals surface area contributed by atoms with Crippen molar-refractivity contribution in [3.63, 3.8) is 0 Å². The fourth-order valence-electron chi connectivity index (χ4n) is 1.52. The lowest BCUT2D eigenvalue weighted by molar-refractivity contribution is 0.0527. The second-order valence-electron chi connectivity index (χ2n) is 5.56. The van der Waals surface area contributed by atoms with Gasteiger partial charge in [-0.15, -0.1) is 0 Å². The summed E-state index contributed by atoms with van der Waals surface area (Å²) < 4.78 is 10.2. The van der Waals surface area contributed by atoms with Crippen LogP contribution in [0.4, 0.5) is 4.79 Å². The van der Waals surface area contributed by atoms with Crippen LogP contribution in [0.15, 0.2) is 24.3 Å². The van der Waals surface area contributed by atoms with E-state index in [2.05, 4.69) is 17.2 Å². The van der Waals surface area contributed by atoms with E-state index in [1.54, 1.807) is 7.11 Å². The summed E-state index contributed by atoms with van der Waals surface area (Å²) in [7, 11) is 1.64. The van der Waals surface area contributed by atoms with E-state index in [4.69, 9.17) is 9.47 Å². The van der Waals surface area contributed by atoms with Crippen LogP contribution < -0.4 is 10.1 Å². The number of ether oxygens (including phenoxy) is 2. The highest BCUT2D eigenvalue weighted by Crippen LogP contribution is 2.10. The van der Waals surface area contributed by atoms with E-state index in [0.717, 1.165) is 24.2 Å². The van der Waals surface area contributed by atoms with Crippen LogP contribution >= 0.6 is 0 Å². The quantitative estimate of drug-likeness (QED) is 0.683. The summed E-state index contributed by atoms with van der Waals surface area (Å²) in [5.74, 6) is 6.97. The van der Waals surface area contributed by atoms with Crippen molar-refractivity contribution in [2.24, 2.45) is 0 Å². The Morgan fingerprint density at radius 3 is 2.48 bits per heavy atom. The largest absolute Gasteiger partial charge is 0.497 e. The summed E-state index contributed by atoms with van der Waals surface area (Å²) in [4.78, 5) is 11.4. The molecule has 0 saturated carbocycles. The van der Waals surface area contributed by atoms with Crippen molar-refractivity contribution in [2.45, 2.75) is 39.2 Å². The average Bonchev–Trinajstić information content (AvgIpc) is 2.41. The van der Waals surface area contributed by atoms with Crippen molar-refractivity contribution in [3.8, 4) is 17.6 Å². The Kier molecular flexibility index (Phi) is 6.61. The summed E-state index contributed by atoms with van der Waals surface area (Å²) >= 11 is 0. The highest BCUT2D eigenvalue weighted by molar-refractivity contribution is 5.67. The molecule has 114 valence electrons. The lowest BCUT2D eigenvalue weighted by atomic mass is 10.2. The molecule has 0 heterocycles. The van der Waals surface area contributed by atoms with Crippen molar-refractivity contribution in [1.82, 2.24) is 5.32 Å². The first-order valence-corrected chi connectivity index (χ1v) is 7.00. The molecule has 0 saturated heterocycles. The minimum absolute atomic E-state index is 0.384. The fraction of sp³-hybridized carbons (Fsp3) is 0.471. The highest BCUT2D eigenvalue weighted by Gasteiger charge is 2.15. The Hall–Kier alpha value is -2.15. The van der Waals surface area contributed by atoms with E-state index in [1.807, 2.05) is 45.0 Å². The molecular weight excluding hydrogens is 266 g/mol. The standard InChI is InChI=1S/C17H23NO3/c1-17(2,3)21-16(19)18-13-7-5-6-8-14-9-11-15(20-4)12-10-14/h9-12H,5,7,13H2,1-4H3,(H,18,19). The zero-order valence-electron chi connectivity index (χ0n) is 13.2. The van der Waals surface area contributed by atoms with Crippen molar-refractivity contribution in [1.29, 1.82) is 0 Å². The zero-order valence-corrected chi connectivity index (χ0v) is 13.2. The molecule has 0 radical (unpaired) electrons. The Morgan fingerprint density at radius 1 is 1.24 bits per heavy atom. The monoisotopic (exact) mass is 289 g/mol. The van der Waals surface area contributed by atoms with Gasteiger partial charge in [-0.1, -0.05) is 11.8 Å². The highest BCUT2D eigenvalue weighted by atomic mass is 16.6. The molecule has 0 aliphatic rings. The number of benzene rings is 1. The summed E-state index contributed by atoms with van der Waals surface area (Å²) in [6.45, 7) is 6.08. The molecule has 1 aromatic rings. The van der Waals surface area contributed by atoms with Gasteiger partial charge in [-0.2, -0.15) is 0 Å². The van der Waals surface area contributed by atoms with Gasteiger partial charge in [0, 0.05) is 18.5 Å². The van der Waals surface area contributed by atoms with E-state index in [0.29, 0.717) is 6.54 Å². The molecule has 4 heteroatoms. The number of carbonyl (C=O) groups is 1. The van der Waals surface area contributed by atoms with E-state index in [-0.39, 0.29) is 6.09 Å². The zero-order chi connectivity index (χ0) is 15.7.